The molecular weight excluding hydrogens is 222 g/mol. The third-order valence-electron chi connectivity index (χ3n) is 5.78. The Morgan fingerprint density at radius 1 is 1.17 bits per heavy atom. The van der Waals surface area contributed by atoms with Crippen LogP contribution in [0, 0.1) is 11.8 Å². The number of nitrogens with zero attached hydrogens (tertiary/aromatic N) is 2. The van der Waals surface area contributed by atoms with Crippen molar-refractivity contribution >= 4 is 0 Å². The maximum atomic E-state index is 3.58. The molecule has 0 aromatic rings. The summed E-state index contributed by atoms with van der Waals surface area (Å²) < 4.78 is 0. The largest absolute Gasteiger partial charge is 0.316 e. The zero-order valence-corrected chi connectivity index (χ0v) is 12.4. The number of hydrogen-bond acceptors (Lipinski definition) is 3. The first kappa shape index (κ1) is 12.9. The molecule has 18 heavy (non-hydrogen) atoms. The van der Waals surface area contributed by atoms with Crippen molar-refractivity contribution in [3.63, 3.8) is 0 Å². The van der Waals surface area contributed by atoms with Gasteiger partial charge in [-0.1, -0.05) is 0 Å². The summed E-state index contributed by atoms with van der Waals surface area (Å²) >= 11 is 0. The molecule has 3 atom stereocenters. The molecule has 3 rings (SSSR count). The number of nitrogens with one attached hydrogen (secondary N) is 1. The fraction of sp³-hybridized carbons (Fsp3) is 1.00. The summed E-state index contributed by atoms with van der Waals surface area (Å²) in [7, 11) is 0. The summed E-state index contributed by atoms with van der Waals surface area (Å²) in [6, 6.07) is 1.51. The molecule has 104 valence electrons. The van der Waals surface area contributed by atoms with Crippen LogP contribution in [-0.4, -0.2) is 60.1 Å². The average Bonchev–Trinajstić information content (AvgIpc) is 2.96. The van der Waals surface area contributed by atoms with Gasteiger partial charge in [0.15, 0.2) is 0 Å². The highest BCUT2D eigenvalue weighted by atomic mass is 15.3. The molecule has 0 spiro atoms. The predicted molar refractivity (Wildman–Crippen MR) is 75.7 cm³/mol. The normalized spacial score (nSPS) is 40.8. The Morgan fingerprint density at radius 3 is 2.56 bits per heavy atom. The molecule has 3 heterocycles. The molecular formula is C15H29N3. The van der Waals surface area contributed by atoms with Crippen molar-refractivity contribution < 1.29 is 0 Å². The highest BCUT2D eigenvalue weighted by molar-refractivity contribution is 5.07. The van der Waals surface area contributed by atoms with Crippen LogP contribution in [0.5, 0.6) is 0 Å². The van der Waals surface area contributed by atoms with E-state index in [1.165, 1.54) is 39.1 Å². The van der Waals surface area contributed by atoms with E-state index in [4.69, 9.17) is 0 Å². The fourth-order valence-electron chi connectivity index (χ4n) is 4.56. The fourth-order valence-corrected chi connectivity index (χ4v) is 4.56. The molecule has 0 amide bonds. The summed E-state index contributed by atoms with van der Waals surface area (Å²) in [5, 5.41) is 3.58. The van der Waals surface area contributed by atoms with Crippen molar-refractivity contribution in [3.05, 3.63) is 0 Å². The minimum Gasteiger partial charge on any atom is -0.316 e. The highest BCUT2D eigenvalue weighted by Gasteiger charge is 2.52. The molecule has 0 saturated carbocycles. The smallest absolute Gasteiger partial charge is 0.0241 e. The monoisotopic (exact) mass is 251 g/mol. The molecule has 3 saturated heterocycles. The van der Waals surface area contributed by atoms with E-state index in [0.717, 1.165) is 17.9 Å². The lowest BCUT2D eigenvalue weighted by Gasteiger charge is -2.40. The number of fused-ring (bicyclic) bond motifs is 1. The Labute approximate surface area is 112 Å². The van der Waals surface area contributed by atoms with Crippen LogP contribution in [0.1, 0.15) is 34.1 Å². The molecule has 3 fully saturated rings. The van der Waals surface area contributed by atoms with Crippen molar-refractivity contribution in [3.8, 4) is 0 Å². The lowest BCUT2D eigenvalue weighted by Crippen LogP contribution is -2.50. The van der Waals surface area contributed by atoms with Crippen molar-refractivity contribution in [1.82, 2.24) is 15.1 Å². The van der Waals surface area contributed by atoms with Crippen molar-refractivity contribution in [2.45, 2.75) is 51.7 Å². The summed E-state index contributed by atoms with van der Waals surface area (Å²) in [6.45, 7) is 16.0. The molecule has 0 aliphatic carbocycles. The van der Waals surface area contributed by atoms with E-state index in [2.05, 4.69) is 42.8 Å². The molecule has 0 aromatic carbocycles. The van der Waals surface area contributed by atoms with Gasteiger partial charge in [0.05, 0.1) is 0 Å². The lowest BCUT2D eigenvalue weighted by molar-refractivity contribution is 0.0889. The predicted octanol–water partition coefficient (Wildman–Crippen LogP) is 1.40. The summed E-state index contributed by atoms with van der Waals surface area (Å²) in [5.41, 5.74) is 0.395. The second-order valence-corrected chi connectivity index (χ2v) is 7.36. The number of hydrogen-bond donors (Lipinski definition) is 1. The molecule has 1 N–H and O–H groups in total. The molecule has 0 aromatic heterocycles. The maximum absolute atomic E-state index is 3.58. The Kier molecular flexibility index (Phi) is 3.20. The SMILES string of the molecule is CC(C)N1CCC(N2CC3CNCC3C2(C)C)C1. The average molecular weight is 251 g/mol. The minimum absolute atomic E-state index is 0.395. The summed E-state index contributed by atoms with van der Waals surface area (Å²) in [4.78, 5) is 5.48. The van der Waals surface area contributed by atoms with Gasteiger partial charge in [0.1, 0.15) is 0 Å². The topological polar surface area (TPSA) is 18.5 Å². The summed E-state index contributed by atoms with van der Waals surface area (Å²) in [5.74, 6) is 1.76. The molecule has 3 heteroatoms. The van der Waals surface area contributed by atoms with Crippen LogP contribution in [-0.2, 0) is 0 Å². The first-order chi connectivity index (χ1) is 8.50. The van der Waals surface area contributed by atoms with Gasteiger partial charge in [0.25, 0.3) is 0 Å². The Hall–Kier alpha value is -0.120. The van der Waals surface area contributed by atoms with Gasteiger partial charge in [-0.2, -0.15) is 0 Å². The van der Waals surface area contributed by atoms with Crippen molar-refractivity contribution in [2.75, 3.05) is 32.7 Å². The highest BCUT2D eigenvalue weighted by Crippen LogP contribution is 2.43. The van der Waals surface area contributed by atoms with Gasteiger partial charge in [-0.05, 0) is 52.5 Å². The van der Waals surface area contributed by atoms with E-state index in [1.54, 1.807) is 0 Å². The van der Waals surface area contributed by atoms with Gasteiger partial charge in [-0.3, -0.25) is 9.80 Å². The Morgan fingerprint density at radius 2 is 1.94 bits per heavy atom. The van der Waals surface area contributed by atoms with Gasteiger partial charge < -0.3 is 5.32 Å². The maximum Gasteiger partial charge on any atom is 0.0241 e. The van der Waals surface area contributed by atoms with Crippen LogP contribution in [0.4, 0.5) is 0 Å². The van der Waals surface area contributed by atoms with Gasteiger partial charge in [-0.15, -0.1) is 0 Å². The first-order valence-corrected chi connectivity index (χ1v) is 7.71. The van der Waals surface area contributed by atoms with E-state index in [0.29, 0.717) is 11.6 Å². The van der Waals surface area contributed by atoms with Crippen LogP contribution in [0.3, 0.4) is 0 Å². The Balaban J connectivity index is 1.70. The van der Waals surface area contributed by atoms with Crippen LogP contribution >= 0.6 is 0 Å². The van der Waals surface area contributed by atoms with Crippen molar-refractivity contribution in [1.29, 1.82) is 0 Å². The van der Waals surface area contributed by atoms with E-state index in [9.17, 15) is 0 Å². The van der Waals surface area contributed by atoms with Crippen molar-refractivity contribution in [2.24, 2.45) is 11.8 Å². The lowest BCUT2D eigenvalue weighted by atomic mass is 9.84. The van der Waals surface area contributed by atoms with Crippen LogP contribution in [0.2, 0.25) is 0 Å². The second-order valence-electron chi connectivity index (χ2n) is 7.36. The van der Waals surface area contributed by atoms with Gasteiger partial charge in [0.2, 0.25) is 0 Å². The quantitative estimate of drug-likeness (QED) is 0.800. The minimum atomic E-state index is 0.395. The second kappa shape index (κ2) is 4.46. The van der Waals surface area contributed by atoms with E-state index < -0.39 is 0 Å². The standard InChI is InChI=1S/C15H29N3/c1-11(2)17-6-5-13(10-17)18-9-12-7-16-8-14(12)15(18,3)4/h11-14,16H,5-10H2,1-4H3. The Bertz CT molecular complexity index is 313. The zero-order chi connectivity index (χ0) is 12.9. The molecule has 3 aliphatic rings. The van der Waals surface area contributed by atoms with Crippen LogP contribution in [0.15, 0.2) is 0 Å². The van der Waals surface area contributed by atoms with E-state index in [1.807, 2.05) is 0 Å². The third-order valence-corrected chi connectivity index (χ3v) is 5.78. The zero-order valence-electron chi connectivity index (χ0n) is 12.4. The van der Waals surface area contributed by atoms with Gasteiger partial charge >= 0.3 is 0 Å². The number of rotatable bonds is 2. The molecule has 3 aliphatic heterocycles. The molecule has 3 unspecified atom stereocenters. The van der Waals surface area contributed by atoms with E-state index >= 15 is 0 Å². The van der Waals surface area contributed by atoms with E-state index in [-0.39, 0.29) is 0 Å². The molecule has 0 radical (unpaired) electrons. The van der Waals surface area contributed by atoms with Gasteiger partial charge in [0, 0.05) is 43.8 Å². The third kappa shape index (κ3) is 1.91. The molecule has 3 nitrogen and oxygen atoms in total. The first-order valence-electron chi connectivity index (χ1n) is 7.71. The molecule has 0 bridgehead atoms. The van der Waals surface area contributed by atoms with Gasteiger partial charge in [-0.25, -0.2) is 0 Å². The summed E-state index contributed by atoms with van der Waals surface area (Å²) in [6.07, 6.45) is 1.37. The van der Waals surface area contributed by atoms with Crippen LogP contribution < -0.4 is 5.32 Å². The van der Waals surface area contributed by atoms with Crippen LogP contribution in [0.25, 0.3) is 0 Å². The number of likely N-dealkylation sites (tertiary alicyclic amines) is 2.